The fourth-order valence-corrected chi connectivity index (χ4v) is 1.03. The van der Waals surface area contributed by atoms with E-state index in [0.717, 1.165) is 6.20 Å². The average molecular weight is 208 g/mol. The van der Waals surface area contributed by atoms with Crippen LogP contribution >= 0.6 is 0 Å². The summed E-state index contributed by atoms with van der Waals surface area (Å²) in [6, 6.07) is 1.14. The second-order valence-electron chi connectivity index (χ2n) is 2.81. The smallest absolute Gasteiger partial charge is 0.324 e. The van der Waals surface area contributed by atoms with Crippen LogP contribution in [0.15, 0.2) is 18.3 Å². The van der Waals surface area contributed by atoms with E-state index in [0.29, 0.717) is 0 Å². The maximum absolute atomic E-state index is 12.9. The van der Waals surface area contributed by atoms with Crippen LogP contribution in [0.4, 0.5) is 17.6 Å². The highest BCUT2D eigenvalue weighted by Crippen LogP contribution is 2.28. The molecule has 0 spiro atoms. The van der Waals surface area contributed by atoms with Crippen molar-refractivity contribution < 1.29 is 17.6 Å². The van der Waals surface area contributed by atoms with Crippen molar-refractivity contribution in [3.63, 3.8) is 0 Å². The predicted molar refractivity (Wildman–Crippen MR) is 41.8 cm³/mol. The molecule has 78 valence electrons. The molecule has 0 bridgehead atoms. The predicted octanol–water partition coefficient (Wildman–Crippen LogP) is 2.17. The van der Waals surface area contributed by atoms with Gasteiger partial charge in [0.1, 0.15) is 0 Å². The van der Waals surface area contributed by atoms with Gasteiger partial charge < -0.3 is 5.73 Å². The van der Waals surface area contributed by atoms with E-state index in [9.17, 15) is 17.6 Å². The van der Waals surface area contributed by atoms with Crippen molar-refractivity contribution in [2.75, 3.05) is 0 Å². The number of rotatable bonds is 2. The van der Waals surface area contributed by atoms with Gasteiger partial charge in [-0.25, -0.2) is 4.98 Å². The summed E-state index contributed by atoms with van der Waals surface area (Å²) >= 11 is 0. The SMILES string of the molecule is N[C@@H](CC(F)(F)F)c1cccnc1F. The molecule has 0 fully saturated rings. The second-order valence-corrected chi connectivity index (χ2v) is 2.81. The number of alkyl halides is 3. The standard InChI is InChI=1S/C8H8F4N2/c9-7-5(2-1-3-14-7)6(13)4-8(10,11)12/h1-3,6H,4,13H2/t6-/m0/s1. The topological polar surface area (TPSA) is 38.9 Å². The van der Waals surface area contributed by atoms with Crippen molar-refractivity contribution in [2.24, 2.45) is 5.73 Å². The second kappa shape index (κ2) is 3.91. The van der Waals surface area contributed by atoms with Crippen LogP contribution in [-0.2, 0) is 0 Å². The highest BCUT2D eigenvalue weighted by molar-refractivity contribution is 5.15. The van der Waals surface area contributed by atoms with E-state index in [2.05, 4.69) is 4.98 Å². The summed E-state index contributed by atoms with van der Waals surface area (Å²) in [6.45, 7) is 0. The van der Waals surface area contributed by atoms with Gasteiger partial charge in [0.05, 0.1) is 6.42 Å². The Morgan fingerprint density at radius 2 is 2.07 bits per heavy atom. The first-order chi connectivity index (χ1) is 6.40. The summed E-state index contributed by atoms with van der Waals surface area (Å²) in [5, 5.41) is 0. The molecule has 1 rings (SSSR count). The average Bonchev–Trinajstić information content (AvgIpc) is 2.01. The lowest BCUT2D eigenvalue weighted by Crippen LogP contribution is -2.21. The van der Waals surface area contributed by atoms with Crippen LogP contribution in [0, 0.1) is 5.95 Å². The number of nitrogens with zero attached hydrogens (tertiary/aromatic N) is 1. The number of nitrogens with two attached hydrogens (primary N) is 1. The minimum atomic E-state index is -4.40. The van der Waals surface area contributed by atoms with E-state index in [4.69, 9.17) is 5.73 Å². The first-order valence-corrected chi connectivity index (χ1v) is 3.83. The lowest BCUT2D eigenvalue weighted by atomic mass is 10.1. The van der Waals surface area contributed by atoms with Gasteiger partial charge in [-0.15, -0.1) is 0 Å². The Hall–Kier alpha value is -1.17. The fraction of sp³-hybridized carbons (Fsp3) is 0.375. The number of aromatic nitrogens is 1. The minimum absolute atomic E-state index is 0.218. The lowest BCUT2D eigenvalue weighted by Gasteiger charge is -2.14. The van der Waals surface area contributed by atoms with E-state index in [-0.39, 0.29) is 5.56 Å². The van der Waals surface area contributed by atoms with Crippen molar-refractivity contribution >= 4 is 0 Å². The van der Waals surface area contributed by atoms with Crippen LogP contribution in [0.3, 0.4) is 0 Å². The molecule has 0 radical (unpaired) electrons. The highest BCUT2D eigenvalue weighted by atomic mass is 19.4. The van der Waals surface area contributed by atoms with Crippen molar-refractivity contribution in [3.8, 4) is 0 Å². The molecule has 1 atom stereocenters. The zero-order valence-electron chi connectivity index (χ0n) is 7.05. The Morgan fingerprint density at radius 1 is 1.43 bits per heavy atom. The molecule has 6 heteroatoms. The number of halogens is 4. The molecular formula is C8H8F4N2. The summed E-state index contributed by atoms with van der Waals surface area (Å²) in [7, 11) is 0. The Balaban J connectivity index is 2.80. The maximum atomic E-state index is 12.9. The molecule has 1 aromatic rings. The van der Waals surface area contributed by atoms with Gasteiger partial charge in [-0.3, -0.25) is 0 Å². The minimum Gasteiger partial charge on any atom is -0.324 e. The van der Waals surface area contributed by atoms with E-state index >= 15 is 0 Å². The Kier molecular flexibility index (Phi) is 3.05. The third-order valence-electron chi connectivity index (χ3n) is 1.64. The monoisotopic (exact) mass is 208 g/mol. The molecule has 0 amide bonds. The van der Waals surface area contributed by atoms with E-state index < -0.39 is 24.6 Å². The fourth-order valence-electron chi connectivity index (χ4n) is 1.03. The third kappa shape index (κ3) is 2.95. The van der Waals surface area contributed by atoms with Gasteiger partial charge in [-0.05, 0) is 6.07 Å². The first-order valence-electron chi connectivity index (χ1n) is 3.83. The van der Waals surface area contributed by atoms with Gasteiger partial charge in [0.25, 0.3) is 0 Å². The molecule has 1 heterocycles. The van der Waals surface area contributed by atoms with Gasteiger partial charge >= 0.3 is 6.18 Å². The largest absolute Gasteiger partial charge is 0.390 e. The highest BCUT2D eigenvalue weighted by Gasteiger charge is 2.31. The molecule has 0 aliphatic heterocycles. The third-order valence-corrected chi connectivity index (χ3v) is 1.64. The van der Waals surface area contributed by atoms with Crippen molar-refractivity contribution in [1.29, 1.82) is 0 Å². The normalized spacial score (nSPS) is 14.1. The van der Waals surface area contributed by atoms with Crippen molar-refractivity contribution in [1.82, 2.24) is 4.98 Å². The van der Waals surface area contributed by atoms with Crippen LogP contribution in [0.5, 0.6) is 0 Å². The molecule has 0 unspecified atom stereocenters. The molecule has 1 aromatic heterocycles. The lowest BCUT2D eigenvalue weighted by molar-refractivity contribution is -0.138. The zero-order chi connectivity index (χ0) is 10.8. The Labute approximate surface area is 77.7 Å². The van der Waals surface area contributed by atoms with Crippen molar-refractivity contribution in [2.45, 2.75) is 18.6 Å². The molecule has 0 aliphatic carbocycles. The summed E-state index contributed by atoms with van der Waals surface area (Å²) < 4.78 is 48.6. The van der Waals surface area contributed by atoms with Gasteiger partial charge in [-0.2, -0.15) is 17.6 Å². The molecule has 14 heavy (non-hydrogen) atoms. The van der Waals surface area contributed by atoms with Crippen LogP contribution in [-0.4, -0.2) is 11.2 Å². The molecular weight excluding hydrogens is 200 g/mol. The number of hydrogen-bond donors (Lipinski definition) is 1. The molecule has 0 aromatic carbocycles. The van der Waals surface area contributed by atoms with Crippen LogP contribution in [0.25, 0.3) is 0 Å². The first kappa shape index (κ1) is 10.9. The Bertz CT molecular complexity index is 310. The van der Waals surface area contributed by atoms with Gasteiger partial charge in [0, 0.05) is 17.8 Å². The molecule has 0 saturated heterocycles. The number of hydrogen-bond acceptors (Lipinski definition) is 2. The van der Waals surface area contributed by atoms with E-state index in [1.54, 1.807) is 0 Å². The van der Waals surface area contributed by atoms with Gasteiger partial charge in [0.2, 0.25) is 5.95 Å². The van der Waals surface area contributed by atoms with Crippen LogP contribution in [0.2, 0.25) is 0 Å². The molecule has 2 nitrogen and oxygen atoms in total. The maximum Gasteiger partial charge on any atom is 0.390 e. The molecule has 2 N–H and O–H groups in total. The van der Waals surface area contributed by atoms with Gasteiger partial charge in [0.15, 0.2) is 0 Å². The molecule has 0 aliphatic rings. The van der Waals surface area contributed by atoms with Crippen molar-refractivity contribution in [3.05, 3.63) is 29.8 Å². The van der Waals surface area contributed by atoms with Crippen LogP contribution in [0.1, 0.15) is 18.0 Å². The number of pyridine rings is 1. The molecule has 0 saturated carbocycles. The summed E-state index contributed by atoms with van der Waals surface area (Å²) in [5.74, 6) is -0.954. The summed E-state index contributed by atoms with van der Waals surface area (Å²) in [4.78, 5) is 3.22. The van der Waals surface area contributed by atoms with E-state index in [1.807, 2.05) is 0 Å². The van der Waals surface area contributed by atoms with Gasteiger partial charge in [-0.1, -0.05) is 6.07 Å². The van der Waals surface area contributed by atoms with E-state index in [1.165, 1.54) is 12.1 Å². The zero-order valence-corrected chi connectivity index (χ0v) is 7.05. The summed E-state index contributed by atoms with van der Waals surface area (Å²) in [6.07, 6.45) is -4.50. The Morgan fingerprint density at radius 3 is 2.57 bits per heavy atom. The quantitative estimate of drug-likeness (QED) is 0.597. The van der Waals surface area contributed by atoms with Crippen LogP contribution < -0.4 is 5.73 Å². The summed E-state index contributed by atoms with van der Waals surface area (Å²) in [5.41, 5.74) is 4.96.